The Morgan fingerprint density at radius 2 is 1.93 bits per heavy atom. The van der Waals surface area contributed by atoms with Gasteiger partial charge >= 0.3 is 0 Å². The molecule has 3 heteroatoms. The van der Waals surface area contributed by atoms with Gasteiger partial charge < -0.3 is 5.32 Å². The Hall–Kier alpha value is -0.760. The second kappa shape index (κ2) is 6.66. The molecule has 2 nitrogen and oxygen atoms in total. The molecule has 0 heterocycles. The van der Waals surface area contributed by atoms with E-state index in [0.717, 1.165) is 25.1 Å². The second-order valence-corrected chi connectivity index (χ2v) is 4.29. The van der Waals surface area contributed by atoms with Gasteiger partial charge in [-0.3, -0.25) is 0 Å². The average molecular weight is 300 g/mol. The van der Waals surface area contributed by atoms with Crippen LogP contribution in [0, 0.1) is 14.9 Å². The van der Waals surface area contributed by atoms with Gasteiger partial charge in [0, 0.05) is 22.2 Å². The van der Waals surface area contributed by atoms with Crippen molar-refractivity contribution in [2.75, 3.05) is 11.9 Å². The Morgan fingerprint density at radius 3 is 2.57 bits per heavy atom. The van der Waals surface area contributed by atoms with E-state index >= 15 is 0 Å². The Morgan fingerprint density at radius 1 is 1.21 bits per heavy atom. The third kappa shape index (κ3) is 4.47. The molecule has 0 saturated heterocycles. The van der Waals surface area contributed by atoms with Gasteiger partial charge in [-0.15, -0.1) is 0 Å². The van der Waals surface area contributed by atoms with E-state index in [-0.39, 0.29) is 0 Å². The highest BCUT2D eigenvalue weighted by Gasteiger charge is 1.91. The van der Waals surface area contributed by atoms with Crippen molar-refractivity contribution in [2.45, 2.75) is 19.3 Å². The molecule has 0 aliphatic rings. The molecular formula is C11H13IN2. The van der Waals surface area contributed by atoms with E-state index in [4.69, 9.17) is 5.26 Å². The molecule has 0 fully saturated rings. The molecular weight excluding hydrogens is 287 g/mol. The molecule has 0 bridgehead atoms. The number of hydrogen-bond acceptors (Lipinski definition) is 2. The third-order valence-corrected chi connectivity index (χ3v) is 2.61. The van der Waals surface area contributed by atoms with Gasteiger partial charge in [-0.2, -0.15) is 5.26 Å². The predicted molar refractivity (Wildman–Crippen MR) is 67.1 cm³/mol. The van der Waals surface area contributed by atoms with Crippen molar-refractivity contribution in [1.82, 2.24) is 0 Å². The van der Waals surface area contributed by atoms with Gasteiger partial charge in [-0.1, -0.05) is 0 Å². The average Bonchev–Trinajstić information content (AvgIpc) is 2.21. The highest BCUT2D eigenvalue weighted by atomic mass is 127. The maximum absolute atomic E-state index is 8.34. The first-order valence-corrected chi connectivity index (χ1v) is 5.77. The van der Waals surface area contributed by atoms with Crippen LogP contribution >= 0.6 is 22.6 Å². The maximum atomic E-state index is 8.34. The zero-order chi connectivity index (χ0) is 10.2. The fourth-order valence-corrected chi connectivity index (χ4v) is 1.49. The number of rotatable bonds is 5. The minimum atomic E-state index is 0.661. The summed E-state index contributed by atoms with van der Waals surface area (Å²) in [7, 11) is 0. The lowest BCUT2D eigenvalue weighted by atomic mass is 10.2. The summed E-state index contributed by atoms with van der Waals surface area (Å²) in [5, 5.41) is 11.7. The largest absolute Gasteiger partial charge is 0.385 e. The van der Waals surface area contributed by atoms with Gasteiger partial charge in [0.2, 0.25) is 0 Å². The molecule has 14 heavy (non-hydrogen) atoms. The lowest BCUT2D eigenvalue weighted by Crippen LogP contribution is -2.00. The first kappa shape index (κ1) is 11.3. The van der Waals surface area contributed by atoms with Crippen molar-refractivity contribution < 1.29 is 0 Å². The SMILES string of the molecule is N#CCCCCNc1ccc(I)cc1. The van der Waals surface area contributed by atoms with E-state index in [1.165, 1.54) is 3.57 Å². The van der Waals surface area contributed by atoms with E-state index in [9.17, 15) is 0 Å². The lowest BCUT2D eigenvalue weighted by Gasteiger charge is -2.04. The summed E-state index contributed by atoms with van der Waals surface area (Å²) < 4.78 is 1.25. The van der Waals surface area contributed by atoms with Crippen LogP contribution in [-0.2, 0) is 0 Å². The van der Waals surface area contributed by atoms with Crippen LogP contribution in [0.25, 0.3) is 0 Å². The number of halogens is 1. The van der Waals surface area contributed by atoms with Crippen LogP contribution in [0.15, 0.2) is 24.3 Å². The number of nitrogens with zero attached hydrogens (tertiary/aromatic N) is 1. The molecule has 74 valence electrons. The zero-order valence-corrected chi connectivity index (χ0v) is 10.1. The summed E-state index contributed by atoms with van der Waals surface area (Å²) in [5.41, 5.74) is 1.15. The fourth-order valence-electron chi connectivity index (χ4n) is 1.13. The van der Waals surface area contributed by atoms with E-state index < -0.39 is 0 Å². The van der Waals surface area contributed by atoms with Crippen molar-refractivity contribution in [3.05, 3.63) is 27.8 Å². The molecule has 0 amide bonds. The Kier molecular flexibility index (Phi) is 5.38. The molecule has 0 atom stereocenters. The van der Waals surface area contributed by atoms with Crippen LogP contribution in [0.2, 0.25) is 0 Å². The number of nitriles is 1. The lowest BCUT2D eigenvalue weighted by molar-refractivity contribution is 0.784. The van der Waals surface area contributed by atoms with Crippen LogP contribution in [0.3, 0.4) is 0 Å². The number of hydrogen-bond donors (Lipinski definition) is 1. The monoisotopic (exact) mass is 300 g/mol. The van der Waals surface area contributed by atoms with Crippen LogP contribution in [0.1, 0.15) is 19.3 Å². The minimum absolute atomic E-state index is 0.661. The molecule has 0 aliphatic carbocycles. The summed E-state index contributed by atoms with van der Waals surface area (Å²) >= 11 is 2.29. The molecule has 1 rings (SSSR count). The van der Waals surface area contributed by atoms with Crippen LogP contribution in [0.5, 0.6) is 0 Å². The van der Waals surface area contributed by atoms with Gasteiger partial charge in [0.05, 0.1) is 6.07 Å². The van der Waals surface area contributed by atoms with Crippen molar-refractivity contribution in [1.29, 1.82) is 5.26 Å². The smallest absolute Gasteiger partial charge is 0.0621 e. The summed E-state index contributed by atoms with van der Waals surface area (Å²) in [4.78, 5) is 0. The summed E-state index contributed by atoms with van der Waals surface area (Å²) in [6.07, 6.45) is 2.70. The van der Waals surface area contributed by atoms with Gasteiger partial charge in [0.25, 0.3) is 0 Å². The Balaban J connectivity index is 2.19. The van der Waals surface area contributed by atoms with Crippen molar-refractivity contribution >= 4 is 28.3 Å². The van der Waals surface area contributed by atoms with E-state index in [1.54, 1.807) is 0 Å². The summed E-state index contributed by atoms with van der Waals surface area (Å²) in [5.74, 6) is 0. The molecule has 0 aromatic heterocycles. The number of benzene rings is 1. The first-order valence-electron chi connectivity index (χ1n) is 4.69. The highest BCUT2D eigenvalue weighted by Crippen LogP contribution is 2.11. The molecule has 0 radical (unpaired) electrons. The predicted octanol–water partition coefficient (Wildman–Crippen LogP) is 3.40. The minimum Gasteiger partial charge on any atom is -0.385 e. The molecule has 1 N–H and O–H groups in total. The van der Waals surface area contributed by atoms with Crippen LogP contribution in [-0.4, -0.2) is 6.54 Å². The molecule has 1 aromatic rings. The maximum Gasteiger partial charge on any atom is 0.0621 e. The van der Waals surface area contributed by atoms with Crippen molar-refractivity contribution in [3.63, 3.8) is 0 Å². The molecule has 0 aliphatic heterocycles. The van der Waals surface area contributed by atoms with Gasteiger partial charge in [0.15, 0.2) is 0 Å². The normalized spacial score (nSPS) is 9.43. The third-order valence-electron chi connectivity index (χ3n) is 1.89. The van der Waals surface area contributed by atoms with Gasteiger partial charge in [-0.25, -0.2) is 0 Å². The molecule has 1 aromatic carbocycles. The van der Waals surface area contributed by atoms with Crippen LogP contribution in [0.4, 0.5) is 5.69 Å². The molecule has 0 spiro atoms. The highest BCUT2D eigenvalue weighted by molar-refractivity contribution is 14.1. The van der Waals surface area contributed by atoms with E-state index in [1.807, 2.05) is 0 Å². The van der Waals surface area contributed by atoms with Gasteiger partial charge in [-0.05, 0) is 59.7 Å². The summed E-state index contributed by atoms with van der Waals surface area (Å²) in [6.45, 7) is 0.947. The number of anilines is 1. The van der Waals surface area contributed by atoms with E-state index in [2.05, 4.69) is 58.2 Å². The van der Waals surface area contributed by atoms with Gasteiger partial charge in [0.1, 0.15) is 0 Å². The number of nitrogens with one attached hydrogen (secondary N) is 1. The Labute approximate surface area is 98.5 Å². The topological polar surface area (TPSA) is 35.8 Å². The van der Waals surface area contributed by atoms with Crippen molar-refractivity contribution in [2.24, 2.45) is 0 Å². The second-order valence-electron chi connectivity index (χ2n) is 3.05. The van der Waals surface area contributed by atoms with Crippen LogP contribution < -0.4 is 5.32 Å². The molecule has 0 saturated carbocycles. The quantitative estimate of drug-likeness (QED) is 0.668. The Bertz CT molecular complexity index is 300. The summed E-state index contributed by atoms with van der Waals surface area (Å²) in [6, 6.07) is 10.5. The van der Waals surface area contributed by atoms with E-state index in [0.29, 0.717) is 6.42 Å². The fraction of sp³-hybridized carbons (Fsp3) is 0.364. The number of unbranched alkanes of at least 4 members (excludes halogenated alkanes) is 2. The standard InChI is InChI=1S/C11H13IN2/c12-10-4-6-11(7-5-10)14-9-3-1-2-8-13/h4-7,14H,1-3,9H2. The van der Waals surface area contributed by atoms with Crippen molar-refractivity contribution in [3.8, 4) is 6.07 Å². The zero-order valence-electron chi connectivity index (χ0n) is 7.96. The first-order chi connectivity index (χ1) is 6.83. The molecule has 0 unspecified atom stereocenters.